The molecule has 1 unspecified atom stereocenters. The first kappa shape index (κ1) is 16.0. The van der Waals surface area contributed by atoms with E-state index in [2.05, 4.69) is 4.99 Å². The van der Waals surface area contributed by atoms with E-state index < -0.39 is 14.2 Å². The van der Waals surface area contributed by atoms with Gasteiger partial charge in [-0.15, -0.1) is 0 Å². The molecule has 0 saturated heterocycles. The lowest BCUT2D eigenvalue weighted by Crippen LogP contribution is -2.32. The highest BCUT2D eigenvalue weighted by Crippen LogP contribution is 2.47. The number of carbonyl (C=O) groups is 1. The van der Waals surface area contributed by atoms with Gasteiger partial charge in [0.15, 0.2) is 5.52 Å². The van der Waals surface area contributed by atoms with E-state index in [1.165, 1.54) is 6.07 Å². The van der Waals surface area contributed by atoms with Gasteiger partial charge < -0.3 is 4.89 Å². The van der Waals surface area contributed by atoms with Crippen molar-refractivity contribution in [3.8, 4) is 0 Å². The van der Waals surface area contributed by atoms with Crippen molar-refractivity contribution in [2.24, 2.45) is 4.99 Å². The molecule has 0 aromatic heterocycles. The highest BCUT2D eigenvalue weighted by molar-refractivity contribution is 7.52. The van der Waals surface area contributed by atoms with Gasteiger partial charge in [0.1, 0.15) is 5.82 Å². The van der Waals surface area contributed by atoms with Crippen molar-refractivity contribution in [2.75, 3.05) is 7.05 Å². The van der Waals surface area contributed by atoms with E-state index in [1.807, 2.05) is 13.0 Å². The van der Waals surface area contributed by atoms with Crippen LogP contribution in [0.15, 0.2) is 34.8 Å². The van der Waals surface area contributed by atoms with E-state index in [-0.39, 0.29) is 11.3 Å². The van der Waals surface area contributed by atoms with Crippen molar-refractivity contribution >= 4 is 20.0 Å². The average molecular weight is 307 g/mol. The molecule has 2 rings (SSSR count). The van der Waals surface area contributed by atoms with Crippen LogP contribution in [0, 0.1) is 12.7 Å². The Bertz CT molecular complexity index is 617. The van der Waals surface area contributed by atoms with Crippen LogP contribution in [0.2, 0.25) is 0 Å². The zero-order chi connectivity index (χ0) is 15.6. The molecule has 0 spiro atoms. The van der Waals surface area contributed by atoms with E-state index in [0.29, 0.717) is 24.0 Å². The van der Waals surface area contributed by atoms with Gasteiger partial charge in [0.25, 0.3) is 0 Å². The maximum Gasteiger partial charge on any atom is 0.189 e. The van der Waals surface area contributed by atoms with Gasteiger partial charge in [0.2, 0.25) is 0 Å². The number of hydrogen-bond acceptors (Lipinski definition) is 3. The van der Waals surface area contributed by atoms with Gasteiger partial charge in [0, 0.05) is 19.2 Å². The van der Waals surface area contributed by atoms with Crippen LogP contribution in [0.4, 0.5) is 4.39 Å². The largest absolute Gasteiger partial charge is 0.369 e. The molecule has 0 bridgehead atoms. The summed E-state index contributed by atoms with van der Waals surface area (Å²) in [5.41, 5.74) is 1.83. The van der Waals surface area contributed by atoms with Crippen LogP contribution in [0.5, 0.6) is 0 Å². The lowest BCUT2D eigenvalue weighted by atomic mass is 9.77. The molecule has 0 heterocycles. The molecular formula is C16H19FNO2P. The molecule has 0 radical (unpaired) electrons. The summed E-state index contributed by atoms with van der Waals surface area (Å²) in [6.07, 6.45) is 2.82. The third-order valence-corrected chi connectivity index (χ3v) is 4.95. The number of aliphatic imine (C=N–C) groups is 1. The fraction of sp³-hybridized carbons (Fsp3) is 0.375. The van der Waals surface area contributed by atoms with Crippen LogP contribution in [0.1, 0.15) is 30.9 Å². The Labute approximate surface area is 125 Å². The first-order valence-electron chi connectivity index (χ1n) is 6.81. The Morgan fingerprint density at radius 2 is 2.19 bits per heavy atom. The molecule has 1 aromatic rings. The third kappa shape index (κ3) is 2.58. The van der Waals surface area contributed by atoms with Crippen molar-refractivity contribution in [1.29, 1.82) is 0 Å². The molecule has 1 aliphatic rings. The van der Waals surface area contributed by atoms with Crippen molar-refractivity contribution in [1.82, 2.24) is 0 Å². The van der Waals surface area contributed by atoms with Gasteiger partial charge >= 0.3 is 0 Å². The summed E-state index contributed by atoms with van der Waals surface area (Å²) in [7, 11) is 0.887. The molecule has 0 aliphatic heterocycles. The van der Waals surface area contributed by atoms with Gasteiger partial charge in [0.05, 0.1) is 14.2 Å². The minimum absolute atomic E-state index is 0.255. The zero-order valence-electron chi connectivity index (χ0n) is 12.4. The molecular weight excluding hydrogens is 288 g/mol. The quantitative estimate of drug-likeness (QED) is 0.871. The zero-order valence-corrected chi connectivity index (χ0v) is 13.4. The molecule has 2 atom stereocenters. The lowest BCUT2D eigenvalue weighted by molar-refractivity contribution is -0.116. The Morgan fingerprint density at radius 3 is 2.71 bits per heavy atom. The Balaban J connectivity index is 2.66. The van der Waals surface area contributed by atoms with E-state index in [9.17, 15) is 14.1 Å². The summed E-state index contributed by atoms with van der Waals surface area (Å²) in [6, 6.07) is 4.78. The first-order chi connectivity index (χ1) is 10.00. The van der Waals surface area contributed by atoms with Gasteiger partial charge in [-0.25, -0.2) is 4.39 Å². The standard InChI is InChI=1S/C16H19FNO2P/c1-4-11-8-16(15(19)21-20,9-14(11)18-3)12-6-5-7-13(17)10(12)2/h4-7,20-21H,8-9H2,1-3H3/b11-4-,18-14?/t16-/m0/s1. The third-order valence-electron chi connectivity index (χ3n) is 4.27. The molecule has 1 saturated carbocycles. The van der Waals surface area contributed by atoms with Crippen LogP contribution in [-0.2, 0) is 10.2 Å². The number of hydrogen-bond donors (Lipinski definition) is 1. The normalized spacial score (nSPS) is 26.3. The molecule has 3 nitrogen and oxygen atoms in total. The summed E-state index contributed by atoms with van der Waals surface area (Å²) < 4.78 is 13.9. The van der Waals surface area contributed by atoms with Crippen LogP contribution < -0.4 is 0 Å². The molecule has 112 valence electrons. The van der Waals surface area contributed by atoms with Crippen LogP contribution >= 0.6 is 8.81 Å². The van der Waals surface area contributed by atoms with Gasteiger partial charge in [-0.05, 0) is 43.0 Å². The summed E-state index contributed by atoms with van der Waals surface area (Å²) >= 11 is 0. The topological polar surface area (TPSA) is 49.7 Å². The van der Waals surface area contributed by atoms with Crippen LogP contribution in [0.25, 0.3) is 0 Å². The molecule has 21 heavy (non-hydrogen) atoms. The Morgan fingerprint density at radius 1 is 1.48 bits per heavy atom. The lowest BCUT2D eigenvalue weighted by Gasteiger charge is -2.28. The number of nitrogens with zero attached hydrogens (tertiary/aromatic N) is 1. The first-order valence-corrected chi connectivity index (χ1v) is 7.76. The summed E-state index contributed by atoms with van der Waals surface area (Å²) in [5, 5.41) is 0. The predicted octanol–water partition coefficient (Wildman–Crippen LogP) is 3.30. The monoisotopic (exact) mass is 307 g/mol. The summed E-state index contributed by atoms with van der Waals surface area (Å²) in [5.74, 6) is -0.329. The molecule has 1 N–H and O–H groups in total. The number of allylic oxidation sites excluding steroid dienone is 2. The molecule has 5 heteroatoms. The van der Waals surface area contributed by atoms with Crippen molar-refractivity contribution < 1.29 is 14.1 Å². The number of halogens is 1. The summed E-state index contributed by atoms with van der Waals surface area (Å²) in [6.45, 7) is 3.58. The maximum absolute atomic E-state index is 13.9. The fourth-order valence-electron chi connectivity index (χ4n) is 3.09. The van der Waals surface area contributed by atoms with Crippen molar-refractivity contribution in [3.05, 3.63) is 46.8 Å². The van der Waals surface area contributed by atoms with E-state index >= 15 is 0 Å². The van der Waals surface area contributed by atoms with Gasteiger partial charge in [-0.3, -0.25) is 9.79 Å². The second-order valence-electron chi connectivity index (χ2n) is 5.27. The molecule has 0 amide bonds. The fourth-order valence-corrected chi connectivity index (χ4v) is 3.61. The van der Waals surface area contributed by atoms with Crippen LogP contribution in [-0.4, -0.2) is 23.2 Å². The van der Waals surface area contributed by atoms with Crippen molar-refractivity contribution in [3.63, 3.8) is 0 Å². The Kier molecular flexibility index (Phi) is 4.70. The van der Waals surface area contributed by atoms with Gasteiger partial charge in [-0.1, -0.05) is 18.2 Å². The molecule has 1 fully saturated rings. The predicted molar refractivity (Wildman–Crippen MR) is 84.7 cm³/mol. The van der Waals surface area contributed by atoms with E-state index in [1.54, 1.807) is 26.1 Å². The highest BCUT2D eigenvalue weighted by Gasteiger charge is 2.47. The summed E-state index contributed by atoms with van der Waals surface area (Å²) in [4.78, 5) is 26.2. The number of carbonyl (C=O) groups excluding carboxylic acids is 1. The molecule has 1 aromatic carbocycles. The van der Waals surface area contributed by atoms with E-state index in [0.717, 1.165) is 11.3 Å². The van der Waals surface area contributed by atoms with Crippen LogP contribution in [0.3, 0.4) is 0 Å². The average Bonchev–Trinajstić information content (AvgIpc) is 2.89. The second-order valence-corrected chi connectivity index (χ2v) is 5.95. The molecule has 1 aliphatic carbocycles. The number of rotatable bonds is 3. The van der Waals surface area contributed by atoms with Crippen molar-refractivity contribution in [2.45, 2.75) is 32.1 Å². The SMILES string of the molecule is C/C=C1/C[C@@](C(=O)PO)(c2cccc(F)c2C)CC1=NC. The maximum atomic E-state index is 13.9. The smallest absolute Gasteiger partial charge is 0.189 e. The highest BCUT2D eigenvalue weighted by atomic mass is 31.1. The minimum atomic E-state index is -0.893. The Hall–Kier alpha value is -1.38. The van der Waals surface area contributed by atoms with E-state index in [4.69, 9.17) is 0 Å². The second kappa shape index (κ2) is 6.17. The number of benzene rings is 1. The minimum Gasteiger partial charge on any atom is -0.369 e. The van der Waals surface area contributed by atoms with Gasteiger partial charge in [-0.2, -0.15) is 0 Å².